The molecule has 0 unspecified atom stereocenters. The summed E-state index contributed by atoms with van der Waals surface area (Å²) in [6, 6.07) is 0. The molecule has 0 radical (unpaired) electrons. The zero-order valence-electron chi connectivity index (χ0n) is 15.9. The molecule has 0 aromatic rings. The van der Waals surface area contributed by atoms with Gasteiger partial charge in [-0.25, -0.2) is 4.79 Å². The molecule has 6 heteroatoms. The van der Waals surface area contributed by atoms with Crippen molar-refractivity contribution in [3.05, 3.63) is 0 Å². The molecule has 2 amide bonds. The van der Waals surface area contributed by atoms with Crippen molar-refractivity contribution in [2.75, 3.05) is 19.6 Å². The third-order valence-electron chi connectivity index (χ3n) is 4.66. The van der Waals surface area contributed by atoms with E-state index >= 15 is 0 Å². The zero-order valence-corrected chi connectivity index (χ0v) is 15.9. The Labute approximate surface area is 152 Å². The number of nitrogens with zero attached hydrogens (tertiary/aromatic N) is 1. The molecule has 0 aromatic carbocycles. The van der Waals surface area contributed by atoms with Crippen LogP contribution in [-0.2, 0) is 9.53 Å². The summed E-state index contributed by atoms with van der Waals surface area (Å²) in [5.74, 6) is 0.114. The average molecular weight is 356 g/mol. The molecule has 3 N–H and O–H groups in total. The molecule has 1 aliphatic heterocycles. The summed E-state index contributed by atoms with van der Waals surface area (Å²) >= 11 is 0. The normalized spacial score (nSPS) is 16.9. The van der Waals surface area contributed by atoms with Gasteiger partial charge in [-0.15, -0.1) is 0 Å². The second-order valence-electron chi connectivity index (χ2n) is 6.88. The molecule has 1 heterocycles. The summed E-state index contributed by atoms with van der Waals surface area (Å²) in [5.41, 5.74) is 5.39. The number of hydrogen-bond donors (Lipinski definition) is 2. The summed E-state index contributed by atoms with van der Waals surface area (Å²) in [4.78, 5) is 25.8. The fourth-order valence-corrected chi connectivity index (χ4v) is 3.16. The van der Waals surface area contributed by atoms with Crippen molar-refractivity contribution >= 4 is 12.0 Å². The van der Waals surface area contributed by atoms with Gasteiger partial charge in [-0.2, -0.15) is 0 Å². The number of alkyl carbamates (subject to hydrolysis) is 1. The molecule has 1 atom stereocenters. The van der Waals surface area contributed by atoms with Crippen LogP contribution in [0, 0.1) is 0 Å². The van der Waals surface area contributed by atoms with Crippen molar-refractivity contribution in [3.63, 3.8) is 0 Å². The van der Waals surface area contributed by atoms with Crippen LogP contribution in [0.1, 0.15) is 84.0 Å². The highest BCUT2D eigenvalue weighted by atomic mass is 16.6. The molecule has 146 valence electrons. The lowest BCUT2D eigenvalue weighted by molar-refractivity contribution is -0.138. The van der Waals surface area contributed by atoms with E-state index in [1.54, 1.807) is 4.90 Å². The van der Waals surface area contributed by atoms with Gasteiger partial charge in [-0.1, -0.05) is 51.9 Å². The van der Waals surface area contributed by atoms with Gasteiger partial charge >= 0.3 is 6.09 Å². The summed E-state index contributed by atoms with van der Waals surface area (Å²) in [6.07, 6.45) is 11.8. The molecule has 0 bridgehead atoms. The van der Waals surface area contributed by atoms with Gasteiger partial charge in [-0.05, 0) is 25.8 Å². The summed E-state index contributed by atoms with van der Waals surface area (Å²) in [6.45, 7) is 3.96. The van der Waals surface area contributed by atoms with E-state index < -0.39 is 12.3 Å². The van der Waals surface area contributed by atoms with Crippen LogP contribution in [0.5, 0.6) is 0 Å². The smallest absolute Gasteiger partial charge is 0.409 e. The maximum absolute atomic E-state index is 12.4. The summed E-state index contributed by atoms with van der Waals surface area (Å²) < 4.78 is 5.39. The van der Waals surface area contributed by atoms with Crippen LogP contribution in [0.3, 0.4) is 0 Å². The number of hydrogen-bond acceptors (Lipinski definition) is 4. The van der Waals surface area contributed by atoms with Crippen molar-refractivity contribution in [3.8, 4) is 0 Å². The van der Waals surface area contributed by atoms with Gasteiger partial charge in [0.2, 0.25) is 5.91 Å². The molecule has 0 aliphatic carbocycles. The predicted molar refractivity (Wildman–Crippen MR) is 100 cm³/mol. The quantitative estimate of drug-likeness (QED) is 0.495. The first-order valence-corrected chi connectivity index (χ1v) is 10.1. The molecule has 0 saturated carbocycles. The van der Waals surface area contributed by atoms with Gasteiger partial charge in [-0.3, -0.25) is 4.79 Å². The largest absolute Gasteiger partial charge is 0.425 e. The Bertz CT molecular complexity index is 377. The molecular weight excluding hydrogens is 318 g/mol. The highest BCUT2D eigenvalue weighted by Crippen LogP contribution is 2.20. The van der Waals surface area contributed by atoms with Crippen molar-refractivity contribution in [1.82, 2.24) is 10.2 Å². The van der Waals surface area contributed by atoms with Crippen molar-refractivity contribution in [2.45, 2.75) is 90.2 Å². The topological polar surface area (TPSA) is 84.7 Å². The lowest BCUT2D eigenvalue weighted by atomic mass is 10.1. The number of likely N-dealkylation sites (tertiary alicyclic amines) is 1. The molecule has 1 aliphatic rings. The minimum atomic E-state index is -0.453. The van der Waals surface area contributed by atoms with E-state index in [1.807, 2.05) is 0 Å². The van der Waals surface area contributed by atoms with E-state index in [2.05, 4.69) is 12.2 Å². The number of nitrogens with one attached hydrogen (secondary N) is 1. The Morgan fingerprint density at radius 1 is 1.08 bits per heavy atom. The lowest BCUT2D eigenvalue weighted by Crippen LogP contribution is -2.40. The van der Waals surface area contributed by atoms with Gasteiger partial charge in [0, 0.05) is 25.9 Å². The van der Waals surface area contributed by atoms with Crippen molar-refractivity contribution in [2.24, 2.45) is 5.73 Å². The first kappa shape index (κ1) is 21.7. The Hall–Kier alpha value is -1.30. The van der Waals surface area contributed by atoms with E-state index in [0.29, 0.717) is 26.1 Å². The molecular formula is C19H37N3O3. The maximum atomic E-state index is 12.4. The summed E-state index contributed by atoms with van der Waals surface area (Å²) in [5, 5.41) is 2.67. The third-order valence-corrected chi connectivity index (χ3v) is 4.66. The van der Waals surface area contributed by atoms with Gasteiger partial charge in [0.15, 0.2) is 6.23 Å². The van der Waals surface area contributed by atoms with E-state index in [9.17, 15) is 9.59 Å². The number of carbonyl (C=O) groups excluding carboxylic acids is 2. The van der Waals surface area contributed by atoms with Crippen molar-refractivity contribution < 1.29 is 14.3 Å². The zero-order chi connectivity index (χ0) is 18.3. The molecule has 0 aromatic heterocycles. The van der Waals surface area contributed by atoms with Gasteiger partial charge in [0.05, 0.1) is 0 Å². The number of amides is 2. The second kappa shape index (κ2) is 13.9. The van der Waals surface area contributed by atoms with Gasteiger partial charge < -0.3 is 20.7 Å². The Morgan fingerprint density at radius 2 is 1.76 bits per heavy atom. The molecule has 0 spiro atoms. The second-order valence-corrected chi connectivity index (χ2v) is 6.88. The Kier molecular flexibility index (Phi) is 12.1. The van der Waals surface area contributed by atoms with Crippen LogP contribution < -0.4 is 11.1 Å². The maximum Gasteiger partial charge on any atom is 0.409 e. The van der Waals surface area contributed by atoms with Crippen LogP contribution in [0.2, 0.25) is 0 Å². The minimum absolute atomic E-state index is 0.114. The number of rotatable bonds is 13. The van der Waals surface area contributed by atoms with E-state index in [1.165, 1.54) is 38.5 Å². The van der Waals surface area contributed by atoms with Gasteiger partial charge in [0.1, 0.15) is 0 Å². The van der Waals surface area contributed by atoms with Crippen molar-refractivity contribution in [1.29, 1.82) is 0 Å². The first-order valence-electron chi connectivity index (χ1n) is 10.1. The molecule has 6 nitrogen and oxygen atoms in total. The monoisotopic (exact) mass is 355 g/mol. The predicted octanol–water partition coefficient (Wildman–Crippen LogP) is 3.54. The number of ether oxygens (including phenoxy) is 1. The number of nitrogens with two attached hydrogens (primary N) is 1. The average Bonchev–Trinajstić information content (AvgIpc) is 3.05. The SMILES string of the molecule is CCCCCCCCCCC(=O)N1CCC[C@@H]1OC(=O)NCCCN. The van der Waals surface area contributed by atoms with Crippen LogP contribution >= 0.6 is 0 Å². The third kappa shape index (κ3) is 9.68. The number of unbranched alkanes of at least 4 members (excludes halogenated alkanes) is 7. The van der Waals surface area contributed by atoms with Crippen LogP contribution in [-0.4, -0.2) is 42.8 Å². The molecule has 1 rings (SSSR count). The standard InChI is InChI=1S/C19H37N3O3/c1-2-3-4-5-6-7-8-9-12-17(23)22-16-10-13-18(22)25-19(24)21-15-11-14-20/h18H,2-16,20H2,1H3,(H,21,24)/t18-/m0/s1. The number of carbonyl (C=O) groups is 2. The minimum Gasteiger partial charge on any atom is -0.425 e. The first-order chi connectivity index (χ1) is 12.2. The summed E-state index contributed by atoms with van der Waals surface area (Å²) in [7, 11) is 0. The molecule has 1 fully saturated rings. The highest BCUT2D eigenvalue weighted by Gasteiger charge is 2.31. The lowest BCUT2D eigenvalue weighted by Gasteiger charge is -2.24. The molecule has 25 heavy (non-hydrogen) atoms. The Morgan fingerprint density at radius 3 is 2.44 bits per heavy atom. The fourth-order valence-electron chi connectivity index (χ4n) is 3.16. The van der Waals surface area contributed by atoms with Crippen LogP contribution in [0.4, 0.5) is 4.79 Å². The van der Waals surface area contributed by atoms with E-state index in [-0.39, 0.29) is 5.91 Å². The molecule has 1 saturated heterocycles. The van der Waals surface area contributed by atoms with Crippen LogP contribution in [0.25, 0.3) is 0 Å². The van der Waals surface area contributed by atoms with Gasteiger partial charge in [0.25, 0.3) is 0 Å². The Balaban J connectivity index is 2.15. The highest BCUT2D eigenvalue weighted by molar-refractivity contribution is 5.77. The fraction of sp³-hybridized carbons (Fsp3) is 0.895. The van der Waals surface area contributed by atoms with E-state index in [0.717, 1.165) is 32.1 Å². The van der Waals surface area contributed by atoms with E-state index in [4.69, 9.17) is 10.5 Å². The van der Waals surface area contributed by atoms with Crippen LogP contribution in [0.15, 0.2) is 0 Å².